The Kier molecular flexibility index (Phi) is 8.90. The first-order valence-corrected chi connectivity index (χ1v) is 12.2. The van der Waals surface area contributed by atoms with E-state index in [1.54, 1.807) is 48.2 Å². The maximum Gasteiger partial charge on any atom is 0.419 e. The highest BCUT2D eigenvalue weighted by atomic mass is 19.4. The Balaban J connectivity index is 1.57. The number of carbonyl (C=O) groups excluding carboxylic acids is 1. The minimum absolute atomic E-state index is 0.155. The second kappa shape index (κ2) is 12.5. The fraction of sp³-hybridized carbons (Fsp3) is 0.250. The predicted molar refractivity (Wildman–Crippen MR) is 141 cm³/mol. The number of aromatic nitrogens is 3. The number of rotatable bonds is 11. The van der Waals surface area contributed by atoms with Gasteiger partial charge in [0, 0.05) is 23.4 Å². The Bertz CT molecular complexity index is 1440. The van der Waals surface area contributed by atoms with Crippen LogP contribution < -0.4 is 19.5 Å². The number of carbonyl (C=O) groups is 1. The number of anilines is 1. The molecule has 0 saturated heterocycles. The van der Waals surface area contributed by atoms with Crippen LogP contribution in [0.1, 0.15) is 22.8 Å². The van der Waals surface area contributed by atoms with Gasteiger partial charge in [-0.3, -0.25) is 4.79 Å². The number of halogens is 3. The first-order chi connectivity index (χ1) is 19.2. The van der Waals surface area contributed by atoms with Crippen molar-refractivity contribution in [3.63, 3.8) is 0 Å². The molecule has 0 aliphatic carbocycles. The summed E-state index contributed by atoms with van der Waals surface area (Å²) in [4.78, 5) is 17.2. The molecule has 0 aliphatic rings. The van der Waals surface area contributed by atoms with E-state index in [4.69, 9.17) is 18.9 Å². The van der Waals surface area contributed by atoms with Gasteiger partial charge in [0.2, 0.25) is 0 Å². The van der Waals surface area contributed by atoms with E-state index in [9.17, 15) is 18.0 Å². The lowest BCUT2D eigenvalue weighted by Gasteiger charge is -2.13. The van der Waals surface area contributed by atoms with Gasteiger partial charge in [0.15, 0.2) is 5.82 Å². The van der Waals surface area contributed by atoms with Crippen molar-refractivity contribution in [1.82, 2.24) is 14.8 Å². The minimum atomic E-state index is -4.67. The van der Waals surface area contributed by atoms with Crippen LogP contribution in [0.2, 0.25) is 0 Å². The summed E-state index contributed by atoms with van der Waals surface area (Å²) < 4.78 is 62.6. The van der Waals surface area contributed by atoms with E-state index in [0.717, 1.165) is 24.8 Å². The fourth-order valence-electron chi connectivity index (χ4n) is 3.76. The summed E-state index contributed by atoms with van der Waals surface area (Å²) in [5, 5.41) is 7.09. The molecule has 0 spiro atoms. The standard InChI is InChI=1S/C28H27F3N4O5/c1-4-39-15-16-40-27-33-25(18-5-12-22(37-2)13-6-18)35(34-27)21-10-8-20(9-11-21)32-26(36)19-7-14-24(38-3)23(17-19)28(29,30)31/h5-14,17H,4,15-16H2,1-3H3,(H,32,36). The van der Waals surface area contributed by atoms with Crippen molar-refractivity contribution in [2.24, 2.45) is 0 Å². The van der Waals surface area contributed by atoms with E-state index < -0.39 is 17.6 Å². The average molecular weight is 557 g/mol. The molecule has 0 aliphatic heterocycles. The first kappa shape index (κ1) is 28.4. The van der Waals surface area contributed by atoms with Crippen LogP contribution in [0.15, 0.2) is 66.7 Å². The van der Waals surface area contributed by atoms with Crippen LogP contribution in [0.4, 0.5) is 18.9 Å². The van der Waals surface area contributed by atoms with Gasteiger partial charge in [0.05, 0.1) is 32.1 Å². The number of alkyl halides is 3. The molecule has 12 heteroatoms. The number of benzene rings is 3. The van der Waals surface area contributed by atoms with Gasteiger partial charge in [-0.25, -0.2) is 4.68 Å². The van der Waals surface area contributed by atoms with Crippen molar-refractivity contribution in [1.29, 1.82) is 0 Å². The third-order valence-electron chi connectivity index (χ3n) is 5.74. The Morgan fingerprint density at radius 1 is 0.950 bits per heavy atom. The summed E-state index contributed by atoms with van der Waals surface area (Å²) in [6.07, 6.45) is -4.67. The van der Waals surface area contributed by atoms with Crippen molar-refractivity contribution in [2.45, 2.75) is 13.1 Å². The zero-order valence-electron chi connectivity index (χ0n) is 22.0. The summed E-state index contributed by atoms with van der Waals surface area (Å²) in [6, 6.07) is 17.2. The van der Waals surface area contributed by atoms with Crippen molar-refractivity contribution >= 4 is 11.6 Å². The molecular weight excluding hydrogens is 529 g/mol. The van der Waals surface area contributed by atoms with Crippen LogP contribution in [0.25, 0.3) is 17.1 Å². The van der Waals surface area contributed by atoms with E-state index in [1.165, 1.54) is 6.07 Å². The highest BCUT2D eigenvalue weighted by Gasteiger charge is 2.35. The molecule has 3 aromatic carbocycles. The van der Waals surface area contributed by atoms with Crippen LogP contribution in [0, 0.1) is 0 Å². The third-order valence-corrected chi connectivity index (χ3v) is 5.74. The number of ether oxygens (including phenoxy) is 4. The quantitative estimate of drug-likeness (QED) is 0.239. The van der Waals surface area contributed by atoms with E-state index >= 15 is 0 Å². The van der Waals surface area contributed by atoms with Gasteiger partial charge in [-0.05, 0) is 73.7 Å². The molecule has 0 saturated carbocycles. The normalized spacial score (nSPS) is 11.2. The predicted octanol–water partition coefficient (Wildman–Crippen LogP) is 5.64. The summed E-state index contributed by atoms with van der Waals surface area (Å²) in [5.41, 5.74) is 0.543. The molecule has 0 atom stereocenters. The van der Waals surface area contributed by atoms with Gasteiger partial charge in [-0.2, -0.15) is 18.2 Å². The lowest BCUT2D eigenvalue weighted by Crippen LogP contribution is -2.15. The van der Waals surface area contributed by atoms with Crippen LogP contribution in [0.5, 0.6) is 17.5 Å². The highest BCUT2D eigenvalue weighted by molar-refractivity contribution is 6.04. The van der Waals surface area contributed by atoms with Crippen LogP contribution in [0.3, 0.4) is 0 Å². The number of nitrogens with zero attached hydrogens (tertiary/aromatic N) is 3. The molecule has 4 aromatic rings. The van der Waals surface area contributed by atoms with Gasteiger partial charge in [-0.15, -0.1) is 5.10 Å². The molecule has 0 radical (unpaired) electrons. The van der Waals surface area contributed by atoms with Crippen LogP contribution in [-0.2, 0) is 10.9 Å². The van der Waals surface area contributed by atoms with Crippen molar-refractivity contribution in [2.75, 3.05) is 39.4 Å². The van der Waals surface area contributed by atoms with E-state index in [0.29, 0.717) is 36.2 Å². The van der Waals surface area contributed by atoms with Crippen molar-refractivity contribution in [3.05, 3.63) is 77.9 Å². The van der Waals surface area contributed by atoms with Crippen LogP contribution in [-0.4, -0.2) is 54.7 Å². The Hall–Kier alpha value is -4.58. The van der Waals surface area contributed by atoms with E-state index in [1.807, 2.05) is 19.1 Å². The number of nitrogens with one attached hydrogen (secondary N) is 1. The Labute approximate surface area is 228 Å². The Morgan fingerprint density at radius 2 is 1.68 bits per heavy atom. The monoisotopic (exact) mass is 556 g/mol. The SMILES string of the molecule is CCOCCOc1nc(-c2ccc(OC)cc2)n(-c2ccc(NC(=O)c3ccc(OC)c(C(F)(F)F)c3)cc2)n1. The maximum absolute atomic E-state index is 13.4. The van der Waals surface area contributed by atoms with Crippen molar-refractivity contribution < 1.29 is 36.9 Å². The largest absolute Gasteiger partial charge is 0.497 e. The highest BCUT2D eigenvalue weighted by Crippen LogP contribution is 2.37. The first-order valence-electron chi connectivity index (χ1n) is 12.2. The molecule has 1 N–H and O–H groups in total. The number of methoxy groups -OCH3 is 2. The van der Waals surface area contributed by atoms with Gasteiger partial charge >= 0.3 is 12.2 Å². The minimum Gasteiger partial charge on any atom is -0.497 e. The average Bonchev–Trinajstić information content (AvgIpc) is 3.39. The molecule has 9 nitrogen and oxygen atoms in total. The molecule has 4 rings (SSSR count). The fourth-order valence-corrected chi connectivity index (χ4v) is 3.76. The second-order valence-corrected chi connectivity index (χ2v) is 8.32. The van der Waals surface area contributed by atoms with E-state index in [-0.39, 0.29) is 23.9 Å². The van der Waals surface area contributed by atoms with Crippen molar-refractivity contribution in [3.8, 4) is 34.6 Å². The summed E-state index contributed by atoms with van der Waals surface area (Å²) >= 11 is 0. The van der Waals surface area contributed by atoms with Crippen LogP contribution >= 0.6 is 0 Å². The summed E-state index contributed by atoms with van der Waals surface area (Å²) in [6.45, 7) is 3.10. The van der Waals surface area contributed by atoms with Gasteiger partial charge in [0.1, 0.15) is 18.1 Å². The maximum atomic E-state index is 13.4. The number of hydrogen-bond acceptors (Lipinski definition) is 7. The molecule has 1 heterocycles. The topological polar surface area (TPSA) is 96.7 Å². The molecule has 1 amide bonds. The summed E-state index contributed by atoms with van der Waals surface area (Å²) in [7, 11) is 2.71. The molecule has 40 heavy (non-hydrogen) atoms. The third kappa shape index (κ3) is 6.70. The smallest absolute Gasteiger partial charge is 0.419 e. The van der Waals surface area contributed by atoms with E-state index in [2.05, 4.69) is 15.4 Å². The lowest BCUT2D eigenvalue weighted by molar-refractivity contribution is -0.138. The lowest BCUT2D eigenvalue weighted by atomic mass is 10.1. The van der Waals surface area contributed by atoms with Gasteiger partial charge < -0.3 is 24.3 Å². The second-order valence-electron chi connectivity index (χ2n) is 8.32. The zero-order chi connectivity index (χ0) is 28.7. The number of hydrogen-bond donors (Lipinski definition) is 1. The molecule has 0 bridgehead atoms. The summed E-state index contributed by atoms with van der Waals surface area (Å²) in [5.74, 6) is 0.117. The molecule has 210 valence electrons. The zero-order valence-corrected chi connectivity index (χ0v) is 22.0. The Morgan fingerprint density at radius 3 is 2.30 bits per heavy atom. The molecule has 0 unspecified atom stereocenters. The molecular formula is C28H27F3N4O5. The molecule has 1 aromatic heterocycles. The van der Waals surface area contributed by atoms with Gasteiger partial charge in [0.25, 0.3) is 5.91 Å². The molecule has 0 fully saturated rings. The number of amides is 1. The van der Waals surface area contributed by atoms with Gasteiger partial charge in [-0.1, -0.05) is 0 Å².